The molecule has 0 bridgehead atoms. The average Bonchev–Trinajstić information content (AvgIpc) is 2.82. The van der Waals surface area contributed by atoms with E-state index in [1.165, 1.54) is 5.56 Å². The Morgan fingerprint density at radius 3 is 2.81 bits per heavy atom. The van der Waals surface area contributed by atoms with Crippen LogP contribution < -0.4 is 10.5 Å². The van der Waals surface area contributed by atoms with Gasteiger partial charge in [-0.1, -0.05) is 0 Å². The zero-order valence-corrected chi connectivity index (χ0v) is 9.78. The first-order chi connectivity index (χ1) is 7.79. The van der Waals surface area contributed by atoms with Crippen molar-refractivity contribution in [1.29, 1.82) is 0 Å². The summed E-state index contributed by atoms with van der Waals surface area (Å²) in [5.41, 5.74) is 8.05. The SMILES string of the molecule is COc1ccc(C(N)Cc2ccsc2)nn1. The molecule has 0 saturated heterocycles. The smallest absolute Gasteiger partial charge is 0.233 e. The van der Waals surface area contributed by atoms with Gasteiger partial charge in [-0.05, 0) is 34.9 Å². The molecule has 2 N–H and O–H groups in total. The Bertz CT molecular complexity index is 427. The average molecular weight is 235 g/mol. The Hall–Kier alpha value is -1.46. The molecule has 0 fully saturated rings. The Kier molecular flexibility index (Phi) is 3.48. The number of nitrogens with two attached hydrogens (primary N) is 1. The summed E-state index contributed by atoms with van der Waals surface area (Å²) in [6, 6.07) is 5.58. The molecule has 2 heterocycles. The lowest BCUT2D eigenvalue weighted by Crippen LogP contribution is -2.15. The van der Waals surface area contributed by atoms with Crippen LogP contribution in [-0.4, -0.2) is 17.3 Å². The number of hydrogen-bond donors (Lipinski definition) is 1. The number of methoxy groups -OCH3 is 1. The van der Waals surface area contributed by atoms with Gasteiger partial charge in [-0.3, -0.25) is 0 Å². The van der Waals surface area contributed by atoms with Crippen LogP contribution in [0.5, 0.6) is 5.88 Å². The highest BCUT2D eigenvalue weighted by Crippen LogP contribution is 2.16. The highest BCUT2D eigenvalue weighted by atomic mass is 32.1. The minimum Gasteiger partial charge on any atom is -0.480 e. The fourth-order valence-corrected chi connectivity index (χ4v) is 2.09. The summed E-state index contributed by atoms with van der Waals surface area (Å²) in [6.45, 7) is 0. The molecule has 0 aromatic carbocycles. The van der Waals surface area contributed by atoms with Crippen molar-refractivity contribution in [1.82, 2.24) is 10.2 Å². The van der Waals surface area contributed by atoms with Crippen LogP contribution in [0.25, 0.3) is 0 Å². The molecule has 0 radical (unpaired) electrons. The van der Waals surface area contributed by atoms with Crippen molar-refractivity contribution in [3.63, 3.8) is 0 Å². The highest BCUT2D eigenvalue weighted by molar-refractivity contribution is 7.07. The van der Waals surface area contributed by atoms with Crippen LogP contribution in [0.15, 0.2) is 29.0 Å². The standard InChI is InChI=1S/C11H13N3OS/c1-15-11-3-2-10(13-14-11)9(12)6-8-4-5-16-7-8/h2-5,7,9H,6,12H2,1H3. The third kappa shape index (κ3) is 2.56. The quantitative estimate of drug-likeness (QED) is 0.877. The van der Waals surface area contributed by atoms with Crippen LogP contribution >= 0.6 is 11.3 Å². The van der Waals surface area contributed by atoms with E-state index < -0.39 is 0 Å². The molecule has 1 unspecified atom stereocenters. The summed E-state index contributed by atoms with van der Waals surface area (Å²) < 4.78 is 4.94. The third-order valence-corrected chi connectivity index (χ3v) is 3.02. The predicted molar refractivity (Wildman–Crippen MR) is 63.5 cm³/mol. The van der Waals surface area contributed by atoms with E-state index in [1.54, 1.807) is 24.5 Å². The van der Waals surface area contributed by atoms with Crippen molar-refractivity contribution < 1.29 is 4.74 Å². The molecule has 0 spiro atoms. The second kappa shape index (κ2) is 5.05. The van der Waals surface area contributed by atoms with Gasteiger partial charge in [0, 0.05) is 6.07 Å². The van der Waals surface area contributed by atoms with Gasteiger partial charge in [-0.15, -0.1) is 5.10 Å². The van der Waals surface area contributed by atoms with Gasteiger partial charge in [0.05, 0.1) is 18.8 Å². The van der Waals surface area contributed by atoms with Gasteiger partial charge in [0.25, 0.3) is 0 Å². The molecule has 5 heteroatoms. The van der Waals surface area contributed by atoms with Crippen LogP contribution in [0, 0.1) is 0 Å². The minimum absolute atomic E-state index is 0.118. The van der Waals surface area contributed by atoms with E-state index in [0.29, 0.717) is 5.88 Å². The summed E-state index contributed by atoms with van der Waals surface area (Å²) in [5.74, 6) is 0.506. The second-order valence-electron chi connectivity index (χ2n) is 3.44. The minimum atomic E-state index is -0.118. The van der Waals surface area contributed by atoms with Gasteiger partial charge < -0.3 is 10.5 Å². The molecule has 0 saturated carbocycles. The predicted octanol–water partition coefficient (Wildman–Crippen LogP) is 1.79. The molecule has 0 amide bonds. The van der Waals surface area contributed by atoms with Crippen LogP contribution in [0.1, 0.15) is 17.3 Å². The lowest BCUT2D eigenvalue weighted by Gasteiger charge is -2.09. The third-order valence-electron chi connectivity index (χ3n) is 2.29. The zero-order valence-electron chi connectivity index (χ0n) is 8.96. The van der Waals surface area contributed by atoms with Crippen molar-refractivity contribution in [3.05, 3.63) is 40.2 Å². The fourth-order valence-electron chi connectivity index (χ4n) is 1.40. The lowest BCUT2D eigenvalue weighted by atomic mass is 10.1. The first-order valence-corrected chi connectivity index (χ1v) is 5.88. The molecule has 2 aromatic rings. The molecule has 16 heavy (non-hydrogen) atoms. The van der Waals surface area contributed by atoms with Crippen molar-refractivity contribution in [3.8, 4) is 5.88 Å². The number of ether oxygens (including phenoxy) is 1. The first-order valence-electron chi connectivity index (χ1n) is 4.94. The van der Waals surface area contributed by atoms with Crippen LogP contribution in [-0.2, 0) is 6.42 Å². The summed E-state index contributed by atoms with van der Waals surface area (Å²) in [7, 11) is 1.56. The number of thiophene rings is 1. The maximum atomic E-state index is 6.04. The Labute approximate surface area is 98.1 Å². The van der Waals surface area contributed by atoms with Gasteiger partial charge in [0.2, 0.25) is 5.88 Å². The highest BCUT2D eigenvalue weighted by Gasteiger charge is 2.09. The lowest BCUT2D eigenvalue weighted by molar-refractivity contribution is 0.390. The van der Waals surface area contributed by atoms with Gasteiger partial charge in [-0.2, -0.15) is 16.4 Å². The Morgan fingerprint density at radius 2 is 2.25 bits per heavy atom. The maximum Gasteiger partial charge on any atom is 0.233 e. The van der Waals surface area contributed by atoms with Gasteiger partial charge >= 0.3 is 0 Å². The first kappa shape index (κ1) is 11.0. The molecule has 84 valence electrons. The molecule has 0 aliphatic rings. The fraction of sp³-hybridized carbons (Fsp3) is 0.273. The second-order valence-corrected chi connectivity index (χ2v) is 4.22. The molecule has 2 rings (SSSR count). The van der Waals surface area contributed by atoms with E-state index in [9.17, 15) is 0 Å². The maximum absolute atomic E-state index is 6.04. The summed E-state index contributed by atoms with van der Waals surface area (Å²) in [5, 5.41) is 12.1. The normalized spacial score (nSPS) is 12.4. The van der Waals surface area contributed by atoms with Crippen LogP contribution in [0.2, 0.25) is 0 Å². The summed E-state index contributed by atoms with van der Waals surface area (Å²) in [6.07, 6.45) is 0.782. The molecule has 4 nitrogen and oxygen atoms in total. The summed E-state index contributed by atoms with van der Waals surface area (Å²) in [4.78, 5) is 0. The molecule has 1 atom stereocenters. The monoisotopic (exact) mass is 235 g/mol. The number of hydrogen-bond acceptors (Lipinski definition) is 5. The van der Waals surface area contributed by atoms with Gasteiger partial charge in [0.15, 0.2) is 0 Å². The number of aromatic nitrogens is 2. The molecule has 2 aromatic heterocycles. The Morgan fingerprint density at radius 1 is 1.38 bits per heavy atom. The van der Waals surface area contributed by atoms with Crippen LogP contribution in [0.4, 0.5) is 0 Å². The van der Waals surface area contributed by atoms with Gasteiger partial charge in [0.1, 0.15) is 0 Å². The van der Waals surface area contributed by atoms with Crippen LogP contribution in [0.3, 0.4) is 0 Å². The van der Waals surface area contributed by atoms with Crippen molar-refractivity contribution in [2.24, 2.45) is 5.73 Å². The van der Waals surface area contributed by atoms with Gasteiger partial charge in [-0.25, -0.2) is 0 Å². The van der Waals surface area contributed by atoms with Crippen molar-refractivity contribution >= 4 is 11.3 Å². The largest absolute Gasteiger partial charge is 0.480 e. The summed E-state index contributed by atoms with van der Waals surface area (Å²) >= 11 is 1.67. The molecular weight excluding hydrogens is 222 g/mol. The topological polar surface area (TPSA) is 61.0 Å². The van der Waals surface area contributed by atoms with E-state index >= 15 is 0 Å². The zero-order chi connectivity index (χ0) is 11.4. The van der Waals surface area contributed by atoms with Crippen molar-refractivity contribution in [2.45, 2.75) is 12.5 Å². The van der Waals surface area contributed by atoms with E-state index in [-0.39, 0.29) is 6.04 Å². The number of rotatable bonds is 4. The van der Waals surface area contributed by atoms with E-state index in [0.717, 1.165) is 12.1 Å². The molecule has 0 aliphatic carbocycles. The number of nitrogens with zero attached hydrogens (tertiary/aromatic N) is 2. The Balaban J connectivity index is 2.05. The van der Waals surface area contributed by atoms with E-state index in [2.05, 4.69) is 21.6 Å². The molecule has 0 aliphatic heterocycles. The van der Waals surface area contributed by atoms with Crippen molar-refractivity contribution in [2.75, 3.05) is 7.11 Å². The molecular formula is C11H13N3OS. The van der Waals surface area contributed by atoms with E-state index in [1.807, 2.05) is 11.4 Å². The van der Waals surface area contributed by atoms with E-state index in [4.69, 9.17) is 10.5 Å².